The second-order valence-electron chi connectivity index (χ2n) is 7.10. The Morgan fingerprint density at radius 3 is 2.46 bits per heavy atom. The molecule has 144 valence electrons. The van der Waals surface area contributed by atoms with E-state index in [4.69, 9.17) is 13.9 Å². The molecule has 0 N–H and O–H groups in total. The van der Waals surface area contributed by atoms with E-state index >= 15 is 0 Å². The lowest BCUT2D eigenvalue weighted by Crippen LogP contribution is -2.16. The van der Waals surface area contributed by atoms with Crippen molar-refractivity contribution in [3.05, 3.63) is 74.6 Å². The third-order valence-corrected chi connectivity index (χ3v) is 5.36. The van der Waals surface area contributed by atoms with E-state index in [1.54, 1.807) is 12.1 Å². The summed E-state index contributed by atoms with van der Waals surface area (Å²) in [7, 11) is 1.36. The zero-order valence-electron chi connectivity index (χ0n) is 16.0. The zero-order valence-corrected chi connectivity index (χ0v) is 16.0. The molecule has 0 aliphatic heterocycles. The summed E-state index contributed by atoms with van der Waals surface area (Å²) in [6.07, 6.45) is 3.86. The lowest BCUT2D eigenvalue weighted by atomic mass is 9.90. The Hall–Kier alpha value is -3.08. The van der Waals surface area contributed by atoms with Crippen molar-refractivity contribution in [2.45, 2.75) is 39.2 Å². The van der Waals surface area contributed by atoms with Crippen LogP contribution in [0.25, 0.3) is 11.0 Å². The number of fused-ring (bicyclic) bond motifs is 3. The molecule has 0 amide bonds. The van der Waals surface area contributed by atoms with Gasteiger partial charge in [-0.3, -0.25) is 0 Å². The Balaban J connectivity index is 1.60. The molecule has 0 unspecified atom stereocenters. The molecule has 0 fully saturated rings. The van der Waals surface area contributed by atoms with Gasteiger partial charge in [0.05, 0.1) is 12.7 Å². The standard InChI is InChI=1S/C23H22O5/c1-14-20(27-13-15-7-9-16(10-8-15)22(24)26-2)12-11-18-17-5-3-4-6-19(17)23(25)28-21(14)18/h7-12H,3-6,13H2,1-2H3. The number of carbonyl (C=O) groups is 1. The first-order valence-electron chi connectivity index (χ1n) is 9.46. The summed E-state index contributed by atoms with van der Waals surface area (Å²) in [6, 6.07) is 11.0. The number of carbonyl (C=O) groups excluding carboxylic acids is 1. The van der Waals surface area contributed by atoms with Crippen molar-refractivity contribution >= 4 is 16.9 Å². The predicted molar refractivity (Wildman–Crippen MR) is 106 cm³/mol. The highest BCUT2D eigenvalue weighted by Gasteiger charge is 2.20. The fourth-order valence-corrected chi connectivity index (χ4v) is 3.80. The molecule has 5 nitrogen and oxygen atoms in total. The van der Waals surface area contributed by atoms with Crippen molar-refractivity contribution in [1.82, 2.24) is 0 Å². The normalized spacial score (nSPS) is 13.2. The fraction of sp³-hybridized carbons (Fsp3) is 0.304. The maximum absolute atomic E-state index is 12.4. The molecular formula is C23H22O5. The number of esters is 1. The molecule has 1 heterocycles. The summed E-state index contributed by atoms with van der Waals surface area (Å²) in [5.74, 6) is 0.319. The SMILES string of the molecule is COC(=O)c1ccc(COc2ccc3c4c(c(=O)oc3c2C)CCCC4)cc1. The summed E-state index contributed by atoms with van der Waals surface area (Å²) in [4.78, 5) is 23.9. The Labute approximate surface area is 162 Å². The molecule has 4 rings (SSSR count). The van der Waals surface area contributed by atoms with Gasteiger partial charge < -0.3 is 13.9 Å². The van der Waals surface area contributed by atoms with E-state index < -0.39 is 0 Å². The summed E-state index contributed by atoms with van der Waals surface area (Å²) in [5, 5.41) is 1.02. The maximum Gasteiger partial charge on any atom is 0.339 e. The van der Waals surface area contributed by atoms with Crippen LogP contribution in [0.3, 0.4) is 0 Å². The van der Waals surface area contributed by atoms with Crippen LogP contribution in [0.4, 0.5) is 0 Å². The molecule has 0 spiro atoms. The molecule has 28 heavy (non-hydrogen) atoms. The number of ether oxygens (including phenoxy) is 2. The summed E-state index contributed by atoms with van der Waals surface area (Å²) < 4.78 is 16.3. The highest BCUT2D eigenvalue weighted by molar-refractivity contribution is 5.89. The first kappa shape index (κ1) is 18.3. The van der Waals surface area contributed by atoms with Gasteiger partial charge in [-0.05, 0) is 68.0 Å². The average Bonchev–Trinajstić information content (AvgIpc) is 2.74. The van der Waals surface area contributed by atoms with Crippen LogP contribution in [0.1, 0.15) is 45.5 Å². The maximum atomic E-state index is 12.4. The topological polar surface area (TPSA) is 65.7 Å². The van der Waals surface area contributed by atoms with Gasteiger partial charge in [-0.1, -0.05) is 12.1 Å². The van der Waals surface area contributed by atoms with Crippen LogP contribution >= 0.6 is 0 Å². The van der Waals surface area contributed by atoms with E-state index in [0.717, 1.165) is 53.3 Å². The van der Waals surface area contributed by atoms with Crippen molar-refractivity contribution < 1.29 is 18.7 Å². The summed E-state index contributed by atoms with van der Waals surface area (Å²) in [6.45, 7) is 2.26. The molecule has 0 bridgehead atoms. The van der Waals surface area contributed by atoms with Crippen LogP contribution in [-0.2, 0) is 24.2 Å². The molecule has 0 saturated carbocycles. The first-order valence-corrected chi connectivity index (χ1v) is 9.46. The average molecular weight is 378 g/mol. The van der Waals surface area contributed by atoms with Gasteiger partial charge in [0, 0.05) is 16.5 Å². The van der Waals surface area contributed by atoms with E-state index in [0.29, 0.717) is 23.5 Å². The fourth-order valence-electron chi connectivity index (χ4n) is 3.80. The van der Waals surface area contributed by atoms with Crippen molar-refractivity contribution in [1.29, 1.82) is 0 Å². The zero-order chi connectivity index (χ0) is 19.7. The van der Waals surface area contributed by atoms with Gasteiger partial charge in [-0.15, -0.1) is 0 Å². The monoisotopic (exact) mass is 378 g/mol. The Morgan fingerprint density at radius 1 is 1.04 bits per heavy atom. The smallest absolute Gasteiger partial charge is 0.339 e. The van der Waals surface area contributed by atoms with Gasteiger partial charge in [-0.2, -0.15) is 0 Å². The minimum absolute atomic E-state index is 0.221. The van der Waals surface area contributed by atoms with Crippen LogP contribution in [0.15, 0.2) is 45.6 Å². The molecule has 1 aliphatic carbocycles. The molecule has 0 radical (unpaired) electrons. The van der Waals surface area contributed by atoms with Gasteiger partial charge in [0.15, 0.2) is 0 Å². The number of rotatable bonds is 4. The summed E-state index contributed by atoms with van der Waals surface area (Å²) >= 11 is 0. The van der Waals surface area contributed by atoms with E-state index in [2.05, 4.69) is 0 Å². The third-order valence-electron chi connectivity index (χ3n) is 5.36. The van der Waals surface area contributed by atoms with E-state index in [-0.39, 0.29) is 11.6 Å². The highest BCUT2D eigenvalue weighted by atomic mass is 16.5. The molecular weight excluding hydrogens is 356 g/mol. The van der Waals surface area contributed by atoms with Crippen LogP contribution in [0.5, 0.6) is 5.75 Å². The van der Waals surface area contributed by atoms with Crippen LogP contribution < -0.4 is 10.4 Å². The van der Waals surface area contributed by atoms with Crippen molar-refractivity contribution in [2.24, 2.45) is 0 Å². The number of methoxy groups -OCH3 is 1. The second-order valence-corrected chi connectivity index (χ2v) is 7.10. The van der Waals surface area contributed by atoms with Gasteiger partial charge in [0.25, 0.3) is 0 Å². The molecule has 2 aromatic carbocycles. The molecule has 1 aromatic heterocycles. The third kappa shape index (κ3) is 3.28. The minimum atomic E-state index is -0.365. The Morgan fingerprint density at radius 2 is 1.75 bits per heavy atom. The Bertz CT molecular complexity index is 1090. The number of hydrogen-bond donors (Lipinski definition) is 0. The second kappa shape index (κ2) is 7.50. The molecule has 0 atom stereocenters. The predicted octanol–water partition coefficient (Wildman–Crippen LogP) is 4.35. The summed E-state index contributed by atoms with van der Waals surface area (Å²) in [5.41, 5.74) is 4.61. The van der Waals surface area contributed by atoms with E-state index in [1.165, 1.54) is 7.11 Å². The van der Waals surface area contributed by atoms with Crippen LogP contribution in [0.2, 0.25) is 0 Å². The van der Waals surface area contributed by atoms with E-state index in [1.807, 2.05) is 31.2 Å². The van der Waals surface area contributed by atoms with Crippen molar-refractivity contribution in [3.63, 3.8) is 0 Å². The van der Waals surface area contributed by atoms with Crippen molar-refractivity contribution in [3.8, 4) is 5.75 Å². The molecule has 0 saturated heterocycles. The van der Waals surface area contributed by atoms with E-state index in [9.17, 15) is 9.59 Å². The van der Waals surface area contributed by atoms with Gasteiger partial charge >= 0.3 is 11.6 Å². The number of hydrogen-bond acceptors (Lipinski definition) is 5. The number of aryl methyl sites for hydroxylation is 2. The quantitative estimate of drug-likeness (QED) is 0.499. The van der Waals surface area contributed by atoms with Crippen LogP contribution in [0, 0.1) is 6.92 Å². The van der Waals surface area contributed by atoms with Gasteiger partial charge in [0.2, 0.25) is 0 Å². The van der Waals surface area contributed by atoms with Crippen LogP contribution in [-0.4, -0.2) is 13.1 Å². The highest BCUT2D eigenvalue weighted by Crippen LogP contribution is 2.32. The molecule has 5 heteroatoms. The van der Waals surface area contributed by atoms with Crippen molar-refractivity contribution in [2.75, 3.05) is 7.11 Å². The number of benzene rings is 2. The molecule has 3 aromatic rings. The van der Waals surface area contributed by atoms with Gasteiger partial charge in [0.1, 0.15) is 17.9 Å². The van der Waals surface area contributed by atoms with Gasteiger partial charge in [-0.25, -0.2) is 9.59 Å². The largest absolute Gasteiger partial charge is 0.488 e. The first-order chi connectivity index (χ1) is 13.6. The Kier molecular flexibility index (Phi) is 4.90. The lowest BCUT2D eigenvalue weighted by Gasteiger charge is -2.18. The lowest BCUT2D eigenvalue weighted by molar-refractivity contribution is 0.0600. The molecule has 1 aliphatic rings. The minimum Gasteiger partial charge on any atom is -0.488 e.